The Morgan fingerprint density at radius 2 is 0.545 bits per heavy atom. The van der Waals surface area contributed by atoms with Crippen LogP contribution in [-0.4, -0.2) is 0 Å². The molecule has 0 heterocycles. The van der Waals surface area contributed by atoms with Crippen molar-refractivity contribution in [1.29, 1.82) is 0 Å². The lowest BCUT2D eigenvalue weighted by Crippen LogP contribution is -1.99. The lowest BCUT2D eigenvalue weighted by molar-refractivity contribution is 0.389. The zero-order valence-electron chi connectivity index (χ0n) is 15.9. The van der Waals surface area contributed by atoms with Gasteiger partial charge in [0.15, 0.2) is 0 Å². The van der Waals surface area contributed by atoms with Crippen LogP contribution in [0.15, 0.2) is 0 Å². The standard InChI is InChI=1S/C22H44/c1-21-17-14-12-10-8-6-4-3-5-7-9-11-13-15-18-22(2)20-16-19-21/h21-22H,3-20H2,1-2H3. The van der Waals surface area contributed by atoms with E-state index in [4.69, 9.17) is 0 Å². The minimum atomic E-state index is 0.970. The maximum Gasteiger partial charge on any atom is -0.0443 e. The monoisotopic (exact) mass is 308 g/mol. The second kappa shape index (κ2) is 14.6. The molecule has 0 aliphatic heterocycles. The van der Waals surface area contributed by atoms with Crippen molar-refractivity contribution in [3.8, 4) is 0 Å². The summed E-state index contributed by atoms with van der Waals surface area (Å²) in [4.78, 5) is 0. The molecular weight excluding hydrogens is 264 g/mol. The number of rotatable bonds is 0. The van der Waals surface area contributed by atoms with Crippen LogP contribution in [0.3, 0.4) is 0 Å². The summed E-state index contributed by atoms with van der Waals surface area (Å²) in [5.74, 6) is 1.94. The van der Waals surface area contributed by atoms with Gasteiger partial charge < -0.3 is 0 Å². The average Bonchev–Trinajstić information content (AvgIpc) is 2.50. The van der Waals surface area contributed by atoms with E-state index in [1.54, 1.807) is 0 Å². The fourth-order valence-corrected chi connectivity index (χ4v) is 4.03. The summed E-state index contributed by atoms with van der Waals surface area (Å²) in [6.45, 7) is 4.97. The van der Waals surface area contributed by atoms with Gasteiger partial charge in [0.2, 0.25) is 0 Å². The predicted molar refractivity (Wildman–Crippen MR) is 101 cm³/mol. The van der Waals surface area contributed by atoms with Crippen LogP contribution in [0.25, 0.3) is 0 Å². The Balaban J connectivity index is 2.16. The second-order valence-corrected chi connectivity index (χ2v) is 8.31. The van der Waals surface area contributed by atoms with Gasteiger partial charge in [-0.15, -0.1) is 0 Å². The largest absolute Gasteiger partial charge is 0.0625 e. The Labute approximate surface area is 141 Å². The van der Waals surface area contributed by atoms with E-state index in [1.807, 2.05) is 0 Å². The van der Waals surface area contributed by atoms with E-state index in [0.717, 1.165) is 11.8 Å². The maximum atomic E-state index is 2.48. The third-order valence-electron chi connectivity index (χ3n) is 5.79. The molecule has 0 bridgehead atoms. The van der Waals surface area contributed by atoms with Crippen molar-refractivity contribution in [3.05, 3.63) is 0 Å². The molecule has 2 unspecified atom stereocenters. The average molecular weight is 309 g/mol. The van der Waals surface area contributed by atoms with E-state index >= 15 is 0 Å². The van der Waals surface area contributed by atoms with Gasteiger partial charge in [-0.1, -0.05) is 129 Å². The highest BCUT2D eigenvalue weighted by Gasteiger charge is 2.06. The topological polar surface area (TPSA) is 0 Å². The third-order valence-corrected chi connectivity index (χ3v) is 5.79. The van der Waals surface area contributed by atoms with Gasteiger partial charge in [-0.2, -0.15) is 0 Å². The van der Waals surface area contributed by atoms with Crippen molar-refractivity contribution in [2.75, 3.05) is 0 Å². The molecule has 0 nitrogen and oxygen atoms in total. The molecule has 22 heavy (non-hydrogen) atoms. The van der Waals surface area contributed by atoms with Crippen LogP contribution in [0.1, 0.15) is 129 Å². The SMILES string of the molecule is CC1CCCCCCCCCCCCCCCC(C)CCC1. The van der Waals surface area contributed by atoms with Crippen LogP contribution in [0.4, 0.5) is 0 Å². The van der Waals surface area contributed by atoms with Crippen LogP contribution in [0, 0.1) is 11.8 Å². The molecule has 0 N–H and O–H groups in total. The molecule has 1 rings (SSSR count). The van der Waals surface area contributed by atoms with Gasteiger partial charge in [0.1, 0.15) is 0 Å². The first-order valence-corrected chi connectivity index (χ1v) is 10.8. The van der Waals surface area contributed by atoms with Gasteiger partial charge in [0, 0.05) is 0 Å². The number of hydrogen-bond acceptors (Lipinski definition) is 0. The van der Waals surface area contributed by atoms with Crippen molar-refractivity contribution in [2.24, 2.45) is 11.8 Å². The van der Waals surface area contributed by atoms with Crippen LogP contribution in [0.5, 0.6) is 0 Å². The normalized spacial score (nSPS) is 29.7. The summed E-state index contributed by atoms with van der Waals surface area (Å²) in [5, 5.41) is 0. The van der Waals surface area contributed by atoms with Crippen LogP contribution >= 0.6 is 0 Å². The van der Waals surface area contributed by atoms with E-state index in [0.29, 0.717) is 0 Å². The quantitative estimate of drug-likeness (QED) is 0.422. The molecule has 0 amide bonds. The molecule has 1 fully saturated rings. The predicted octanol–water partition coefficient (Wildman–Crippen LogP) is 8.29. The van der Waals surface area contributed by atoms with Gasteiger partial charge in [0.05, 0.1) is 0 Å². The molecule has 1 saturated carbocycles. The first-order valence-electron chi connectivity index (χ1n) is 10.8. The lowest BCUT2D eigenvalue weighted by atomic mass is 9.92. The molecule has 1 aliphatic carbocycles. The van der Waals surface area contributed by atoms with Gasteiger partial charge in [0.25, 0.3) is 0 Å². The van der Waals surface area contributed by atoms with Gasteiger partial charge in [-0.25, -0.2) is 0 Å². The molecule has 2 atom stereocenters. The molecule has 0 radical (unpaired) electrons. The molecule has 0 aromatic rings. The Hall–Kier alpha value is 0. The Morgan fingerprint density at radius 1 is 0.318 bits per heavy atom. The lowest BCUT2D eigenvalue weighted by Gasteiger charge is -2.14. The van der Waals surface area contributed by atoms with Crippen LogP contribution in [0.2, 0.25) is 0 Å². The van der Waals surface area contributed by atoms with E-state index in [-0.39, 0.29) is 0 Å². The summed E-state index contributed by atoms with van der Waals surface area (Å²) in [7, 11) is 0. The molecule has 0 saturated heterocycles. The van der Waals surface area contributed by atoms with Crippen molar-refractivity contribution in [3.63, 3.8) is 0 Å². The Kier molecular flexibility index (Phi) is 13.3. The highest BCUT2D eigenvalue weighted by atomic mass is 14.1. The van der Waals surface area contributed by atoms with E-state index < -0.39 is 0 Å². The van der Waals surface area contributed by atoms with Gasteiger partial charge in [-0.3, -0.25) is 0 Å². The minimum Gasteiger partial charge on any atom is -0.0625 e. The Morgan fingerprint density at radius 3 is 0.864 bits per heavy atom. The fourth-order valence-electron chi connectivity index (χ4n) is 4.03. The first-order chi connectivity index (χ1) is 10.8. The van der Waals surface area contributed by atoms with Gasteiger partial charge >= 0.3 is 0 Å². The molecular formula is C22H44. The smallest absolute Gasteiger partial charge is 0.0443 e. The highest BCUT2D eigenvalue weighted by molar-refractivity contribution is 4.59. The highest BCUT2D eigenvalue weighted by Crippen LogP contribution is 2.22. The summed E-state index contributed by atoms with van der Waals surface area (Å²) < 4.78 is 0. The van der Waals surface area contributed by atoms with Crippen molar-refractivity contribution < 1.29 is 0 Å². The molecule has 0 heteroatoms. The minimum absolute atomic E-state index is 0.970. The summed E-state index contributed by atoms with van der Waals surface area (Å²) >= 11 is 0. The van der Waals surface area contributed by atoms with E-state index in [2.05, 4.69) is 13.8 Å². The van der Waals surface area contributed by atoms with E-state index in [9.17, 15) is 0 Å². The van der Waals surface area contributed by atoms with Crippen molar-refractivity contribution in [1.82, 2.24) is 0 Å². The maximum absolute atomic E-state index is 2.48. The number of hydrogen-bond donors (Lipinski definition) is 0. The molecule has 132 valence electrons. The molecule has 0 aromatic carbocycles. The molecule has 0 aromatic heterocycles. The summed E-state index contributed by atoms with van der Waals surface area (Å²) in [6, 6.07) is 0. The van der Waals surface area contributed by atoms with Gasteiger partial charge in [-0.05, 0) is 11.8 Å². The molecule has 1 aliphatic rings. The molecule has 0 spiro atoms. The van der Waals surface area contributed by atoms with Crippen molar-refractivity contribution in [2.45, 2.75) is 129 Å². The zero-order valence-corrected chi connectivity index (χ0v) is 15.9. The summed E-state index contributed by atoms with van der Waals surface area (Å²) in [5.41, 5.74) is 0. The van der Waals surface area contributed by atoms with Crippen LogP contribution < -0.4 is 0 Å². The third kappa shape index (κ3) is 12.5. The van der Waals surface area contributed by atoms with Crippen molar-refractivity contribution >= 4 is 0 Å². The summed E-state index contributed by atoms with van der Waals surface area (Å²) in [6.07, 6.45) is 26.8. The fraction of sp³-hybridized carbons (Fsp3) is 1.00. The van der Waals surface area contributed by atoms with E-state index in [1.165, 1.54) is 116 Å². The zero-order chi connectivity index (χ0) is 15.9. The second-order valence-electron chi connectivity index (χ2n) is 8.31. The Bertz CT molecular complexity index is 198. The van der Waals surface area contributed by atoms with Crippen LogP contribution in [-0.2, 0) is 0 Å². The first kappa shape index (κ1) is 20.0.